The Bertz CT molecular complexity index is 820. The third-order valence-electron chi connectivity index (χ3n) is 4.82. The molecule has 1 aromatic heterocycles. The highest BCUT2D eigenvalue weighted by Gasteiger charge is 2.06. The zero-order valence-corrected chi connectivity index (χ0v) is 16.2. The molecule has 0 aliphatic heterocycles. The summed E-state index contributed by atoms with van der Waals surface area (Å²) in [5.74, 6) is 0.619. The lowest BCUT2D eigenvalue weighted by atomic mass is 9.95. The number of carbonyl (C=O) groups excluding carboxylic acids is 1. The second-order valence-electron chi connectivity index (χ2n) is 6.61. The van der Waals surface area contributed by atoms with Gasteiger partial charge in [-0.3, -0.25) is 4.79 Å². The minimum absolute atomic E-state index is 0.0121. The molecular formula is C23H25NOS. The van der Waals surface area contributed by atoms with Crippen LogP contribution < -0.4 is 5.32 Å². The fraction of sp³-hybridized carbons (Fsp3) is 0.261. The summed E-state index contributed by atoms with van der Waals surface area (Å²) in [6.45, 7) is 5.14. The number of carbonyl (C=O) groups is 1. The second-order valence-corrected chi connectivity index (χ2v) is 7.56. The Morgan fingerprint density at radius 3 is 2.23 bits per heavy atom. The van der Waals surface area contributed by atoms with Crippen molar-refractivity contribution in [2.24, 2.45) is 0 Å². The lowest BCUT2D eigenvalue weighted by molar-refractivity contribution is 0.0958. The van der Waals surface area contributed by atoms with Gasteiger partial charge in [0.2, 0.25) is 0 Å². The Kier molecular flexibility index (Phi) is 6.24. The molecule has 0 bridgehead atoms. The SMILES string of the molecule is CCC(C)c1ccc(-c2ccc(CCNC(=O)c3cccs3)cc2)cc1. The molecule has 0 aliphatic carbocycles. The van der Waals surface area contributed by atoms with Crippen molar-refractivity contribution in [1.82, 2.24) is 5.32 Å². The lowest BCUT2D eigenvalue weighted by Gasteiger charge is -2.10. The summed E-state index contributed by atoms with van der Waals surface area (Å²) in [7, 11) is 0. The van der Waals surface area contributed by atoms with Gasteiger partial charge in [0.25, 0.3) is 5.91 Å². The van der Waals surface area contributed by atoms with E-state index in [-0.39, 0.29) is 5.91 Å². The maximum absolute atomic E-state index is 11.9. The Morgan fingerprint density at radius 1 is 1.00 bits per heavy atom. The van der Waals surface area contributed by atoms with Crippen LogP contribution in [0.15, 0.2) is 66.0 Å². The molecule has 2 aromatic carbocycles. The lowest BCUT2D eigenvalue weighted by Crippen LogP contribution is -2.24. The van der Waals surface area contributed by atoms with Crippen molar-refractivity contribution >= 4 is 17.2 Å². The molecule has 1 atom stereocenters. The van der Waals surface area contributed by atoms with Crippen LogP contribution in [-0.4, -0.2) is 12.5 Å². The second kappa shape index (κ2) is 8.81. The highest BCUT2D eigenvalue weighted by atomic mass is 32.1. The van der Waals surface area contributed by atoms with Gasteiger partial charge in [-0.05, 0) is 52.5 Å². The molecule has 1 heterocycles. The molecule has 134 valence electrons. The summed E-state index contributed by atoms with van der Waals surface area (Å²) in [5, 5.41) is 4.89. The molecule has 0 saturated heterocycles. The van der Waals surface area contributed by atoms with Crippen molar-refractivity contribution in [3.63, 3.8) is 0 Å². The standard InChI is InChI=1S/C23H25NOS/c1-3-17(2)19-10-12-21(13-11-19)20-8-6-18(7-9-20)14-15-24-23(25)22-5-4-16-26-22/h4-13,16-17H,3,14-15H2,1-2H3,(H,24,25). The van der Waals surface area contributed by atoms with Crippen LogP contribution in [0.5, 0.6) is 0 Å². The van der Waals surface area contributed by atoms with Gasteiger partial charge in [0.05, 0.1) is 4.88 Å². The molecule has 26 heavy (non-hydrogen) atoms. The first kappa shape index (κ1) is 18.4. The van der Waals surface area contributed by atoms with E-state index in [1.165, 1.54) is 33.6 Å². The van der Waals surface area contributed by atoms with E-state index in [1.807, 2.05) is 17.5 Å². The molecule has 0 saturated carbocycles. The van der Waals surface area contributed by atoms with E-state index in [0.29, 0.717) is 12.5 Å². The third kappa shape index (κ3) is 4.61. The van der Waals surface area contributed by atoms with E-state index in [9.17, 15) is 4.79 Å². The van der Waals surface area contributed by atoms with E-state index in [1.54, 1.807) is 0 Å². The van der Waals surface area contributed by atoms with E-state index in [0.717, 1.165) is 17.7 Å². The van der Waals surface area contributed by atoms with Gasteiger partial charge in [0.15, 0.2) is 0 Å². The van der Waals surface area contributed by atoms with E-state index in [2.05, 4.69) is 67.7 Å². The third-order valence-corrected chi connectivity index (χ3v) is 5.69. The van der Waals surface area contributed by atoms with Gasteiger partial charge in [0, 0.05) is 6.54 Å². The average molecular weight is 364 g/mol. The Balaban J connectivity index is 1.55. The van der Waals surface area contributed by atoms with Crippen LogP contribution in [0, 0.1) is 0 Å². The van der Waals surface area contributed by atoms with Gasteiger partial charge in [0.1, 0.15) is 0 Å². The molecule has 0 spiro atoms. The first-order chi connectivity index (χ1) is 12.7. The molecule has 1 amide bonds. The fourth-order valence-electron chi connectivity index (χ4n) is 2.92. The molecule has 0 aliphatic rings. The van der Waals surface area contributed by atoms with Crippen LogP contribution in [-0.2, 0) is 6.42 Å². The molecule has 2 nitrogen and oxygen atoms in total. The van der Waals surface area contributed by atoms with Crippen molar-refractivity contribution < 1.29 is 4.79 Å². The fourth-order valence-corrected chi connectivity index (χ4v) is 3.56. The van der Waals surface area contributed by atoms with Crippen molar-refractivity contribution in [2.45, 2.75) is 32.6 Å². The number of nitrogens with one attached hydrogen (secondary N) is 1. The minimum Gasteiger partial charge on any atom is -0.351 e. The highest BCUT2D eigenvalue weighted by Crippen LogP contribution is 2.24. The predicted octanol–water partition coefficient (Wildman–Crippen LogP) is 5.90. The first-order valence-corrected chi connectivity index (χ1v) is 10.1. The molecular weight excluding hydrogens is 338 g/mol. The summed E-state index contributed by atoms with van der Waals surface area (Å²) in [6.07, 6.45) is 2.00. The number of thiophene rings is 1. The van der Waals surface area contributed by atoms with Crippen molar-refractivity contribution in [3.8, 4) is 11.1 Å². The maximum atomic E-state index is 11.9. The quantitative estimate of drug-likeness (QED) is 0.556. The van der Waals surface area contributed by atoms with Crippen LogP contribution in [0.2, 0.25) is 0 Å². The predicted molar refractivity (Wildman–Crippen MR) is 111 cm³/mol. The van der Waals surface area contributed by atoms with Gasteiger partial charge >= 0.3 is 0 Å². The van der Waals surface area contributed by atoms with Gasteiger partial charge in [-0.1, -0.05) is 68.4 Å². The zero-order valence-electron chi connectivity index (χ0n) is 15.4. The average Bonchev–Trinajstić information content (AvgIpc) is 3.23. The van der Waals surface area contributed by atoms with E-state index in [4.69, 9.17) is 0 Å². The number of amides is 1. The molecule has 3 aromatic rings. The number of benzene rings is 2. The Hall–Kier alpha value is -2.39. The van der Waals surface area contributed by atoms with Crippen molar-refractivity contribution in [1.29, 1.82) is 0 Å². The van der Waals surface area contributed by atoms with Crippen LogP contribution in [0.25, 0.3) is 11.1 Å². The van der Waals surface area contributed by atoms with Crippen LogP contribution in [0.4, 0.5) is 0 Å². The molecule has 0 radical (unpaired) electrons. The summed E-state index contributed by atoms with van der Waals surface area (Å²) < 4.78 is 0. The minimum atomic E-state index is 0.0121. The zero-order chi connectivity index (χ0) is 18.4. The molecule has 0 fully saturated rings. The molecule has 3 heteroatoms. The molecule has 1 N–H and O–H groups in total. The Labute approximate surface area is 159 Å². The van der Waals surface area contributed by atoms with Crippen LogP contribution in [0.3, 0.4) is 0 Å². The first-order valence-electron chi connectivity index (χ1n) is 9.18. The van der Waals surface area contributed by atoms with E-state index >= 15 is 0 Å². The van der Waals surface area contributed by atoms with Gasteiger partial charge in [-0.2, -0.15) is 0 Å². The monoisotopic (exact) mass is 363 g/mol. The van der Waals surface area contributed by atoms with Crippen molar-refractivity contribution in [2.75, 3.05) is 6.54 Å². The normalized spacial score (nSPS) is 11.9. The Morgan fingerprint density at radius 2 is 1.65 bits per heavy atom. The van der Waals surface area contributed by atoms with Gasteiger partial charge < -0.3 is 5.32 Å². The highest BCUT2D eigenvalue weighted by molar-refractivity contribution is 7.12. The smallest absolute Gasteiger partial charge is 0.261 e. The number of hydrogen-bond acceptors (Lipinski definition) is 2. The largest absolute Gasteiger partial charge is 0.351 e. The van der Waals surface area contributed by atoms with E-state index < -0.39 is 0 Å². The van der Waals surface area contributed by atoms with Gasteiger partial charge in [-0.15, -0.1) is 11.3 Å². The summed E-state index contributed by atoms with van der Waals surface area (Å²) in [4.78, 5) is 12.7. The van der Waals surface area contributed by atoms with Crippen LogP contribution in [0.1, 0.15) is 47.0 Å². The maximum Gasteiger partial charge on any atom is 0.261 e. The van der Waals surface area contributed by atoms with Crippen molar-refractivity contribution in [3.05, 3.63) is 82.0 Å². The molecule has 1 unspecified atom stereocenters. The van der Waals surface area contributed by atoms with Crippen LogP contribution >= 0.6 is 11.3 Å². The topological polar surface area (TPSA) is 29.1 Å². The number of hydrogen-bond donors (Lipinski definition) is 1. The summed E-state index contributed by atoms with van der Waals surface area (Å²) >= 11 is 1.47. The summed E-state index contributed by atoms with van der Waals surface area (Å²) in [5.41, 5.74) is 5.10. The van der Waals surface area contributed by atoms with Gasteiger partial charge in [-0.25, -0.2) is 0 Å². The molecule has 3 rings (SSSR count). The summed E-state index contributed by atoms with van der Waals surface area (Å²) in [6, 6.07) is 21.2. The number of rotatable bonds is 7.